The molecule has 0 aromatic heterocycles. The Kier molecular flexibility index (Phi) is 5.83. The van der Waals surface area contributed by atoms with Gasteiger partial charge in [-0.2, -0.15) is 0 Å². The van der Waals surface area contributed by atoms with Gasteiger partial charge in [0, 0.05) is 12.2 Å². The van der Waals surface area contributed by atoms with Crippen LogP contribution in [0.4, 0.5) is 5.69 Å². The molecule has 106 valence electrons. The van der Waals surface area contributed by atoms with Gasteiger partial charge in [0.15, 0.2) is 0 Å². The molecule has 0 aliphatic heterocycles. The van der Waals surface area contributed by atoms with Crippen molar-refractivity contribution in [2.75, 3.05) is 11.9 Å². The quantitative estimate of drug-likeness (QED) is 0.830. The van der Waals surface area contributed by atoms with Crippen LogP contribution in [0.3, 0.4) is 0 Å². The van der Waals surface area contributed by atoms with E-state index in [9.17, 15) is 4.79 Å². The van der Waals surface area contributed by atoms with E-state index in [0.29, 0.717) is 6.54 Å². The van der Waals surface area contributed by atoms with E-state index in [0.717, 1.165) is 23.4 Å². The number of aryl methyl sites for hydroxylation is 1. The Balaban J connectivity index is 2.77. The van der Waals surface area contributed by atoms with Gasteiger partial charge in [0.25, 0.3) is 0 Å². The van der Waals surface area contributed by atoms with E-state index in [1.54, 1.807) is 0 Å². The van der Waals surface area contributed by atoms with E-state index in [1.807, 2.05) is 45.9 Å². The number of nitrogens with one attached hydrogen (secondary N) is 1. The zero-order valence-electron chi connectivity index (χ0n) is 12.2. The van der Waals surface area contributed by atoms with E-state index < -0.39 is 0 Å². The maximum absolute atomic E-state index is 12.0. The molecule has 4 nitrogen and oxygen atoms in total. The monoisotopic (exact) mass is 264 g/mol. The van der Waals surface area contributed by atoms with Crippen LogP contribution in [0.15, 0.2) is 18.2 Å². The van der Waals surface area contributed by atoms with Crippen molar-refractivity contribution in [2.45, 2.75) is 40.2 Å². The third kappa shape index (κ3) is 4.56. The second-order valence-electron chi connectivity index (χ2n) is 4.97. The van der Waals surface area contributed by atoms with Crippen LogP contribution < -0.4 is 15.8 Å². The molecule has 0 spiro atoms. The Morgan fingerprint density at radius 2 is 2.11 bits per heavy atom. The standard InChI is InChI=1S/C15H24N2O2/c1-5-12(9-16)15(18)17-14-7-6-13(8-11(14)4)19-10(2)3/h6-8,10,12H,5,9,16H2,1-4H3,(H,17,18). The highest BCUT2D eigenvalue weighted by Crippen LogP contribution is 2.22. The largest absolute Gasteiger partial charge is 0.491 e. The fourth-order valence-electron chi connectivity index (χ4n) is 1.82. The van der Waals surface area contributed by atoms with Gasteiger partial charge in [0.2, 0.25) is 5.91 Å². The predicted molar refractivity (Wildman–Crippen MR) is 78.4 cm³/mol. The molecule has 1 aromatic rings. The van der Waals surface area contributed by atoms with Crippen molar-refractivity contribution in [3.05, 3.63) is 23.8 Å². The molecule has 19 heavy (non-hydrogen) atoms. The highest BCUT2D eigenvalue weighted by molar-refractivity contribution is 5.93. The molecule has 1 rings (SSSR count). The number of rotatable bonds is 6. The molecular formula is C15H24N2O2. The minimum absolute atomic E-state index is 0.0226. The first-order valence-corrected chi connectivity index (χ1v) is 6.76. The summed E-state index contributed by atoms with van der Waals surface area (Å²) in [5.41, 5.74) is 7.37. The second kappa shape index (κ2) is 7.14. The van der Waals surface area contributed by atoms with Crippen LogP contribution in [-0.4, -0.2) is 18.6 Å². The van der Waals surface area contributed by atoms with Gasteiger partial charge in [0.05, 0.1) is 12.0 Å². The lowest BCUT2D eigenvalue weighted by atomic mass is 10.1. The number of nitrogens with two attached hydrogens (primary N) is 1. The van der Waals surface area contributed by atoms with Gasteiger partial charge < -0.3 is 15.8 Å². The number of anilines is 1. The van der Waals surface area contributed by atoms with Crippen LogP contribution in [0.1, 0.15) is 32.8 Å². The molecule has 0 saturated carbocycles. The van der Waals surface area contributed by atoms with Crippen molar-refractivity contribution in [3.8, 4) is 5.75 Å². The molecule has 4 heteroatoms. The molecule has 0 radical (unpaired) electrons. The molecule has 0 heterocycles. The normalized spacial score (nSPS) is 12.3. The fourth-order valence-corrected chi connectivity index (χ4v) is 1.82. The van der Waals surface area contributed by atoms with Crippen molar-refractivity contribution in [1.29, 1.82) is 0 Å². The summed E-state index contributed by atoms with van der Waals surface area (Å²) in [6.45, 7) is 8.25. The molecule has 0 saturated heterocycles. The van der Waals surface area contributed by atoms with E-state index in [2.05, 4.69) is 5.32 Å². The van der Waals surface area contributed by atoms with Crippen LogP contribution in [0.5, 0.6) is 5.75 Å². The topological polar surface area (TPSA) is 64.4 Å². The first kappa shape index (κ1) is 15.5. The van der Waals surface area contributed by atoms with Crippen molar-refractivity contribution in [1.82, 2.24) is 0 Å². The SMILES string of the molecule is CCC(CN)C(=O)Nc1ccc(OC(C)C)cc1C. The van der Waals surface area contributed by atoms with Crippen LogP contribution in [0.2, 0.25) is 0 Å². The molecule has 1 unspecified atom stereocenters. The summed E-state index contributed by atoms with van der Waals surface area (Å²) in [5.74, 6) is 0.660. The van der Waals surface area contributed by atoms with Crippen LogP contribution >= 0.6 is 0 Å². The molecule has 0 bridgehead atoms. The molecular weight excluding hydrogens is 240 g/mol. The maximum Gasteiger partial charge on any atom is 0.228 e. The van der Waals surface area contributed by atoms with Gasteiger partial charge in [-0.1, -0.05) is 6.92 Å². The average molecular weight is 264 g/mol. The fraction of sp³-hybridized carbons (Fsp3) is 0.533. The Hall–Kier alpha value is -1.55. The van der Waals surface area contributed by atoms with E-state index in [4.69, 9.17) is 10.5 Å². The molecule has 1 atom stereocenters. The lowest BCUT2D eigenvalue weighted by Gasteiger charge is -2.16. The number of hydrogen-bond donors (Lipinski definition) is 2. The number of benzene rings is 1. The number of carbonyl (C=O) groups is 1. The van der Waals surface area contributed by atoms with Crippen molar-refractivity contribution in [2.24, 2.45) is 11.7 Å². The van der Waals surface area contributed by atoms with Crippen molar-refractivity contribution >= 4 is 11.6 Å². The summed E-state index contributed by atoms with van der Waals surface area (Å²) in [6.07, 6.45) is 0.886. The van der Waals surface area contributed by atoms with Gasteiger partial charge in [0.1, 0.15) is 5.75 Å². The minimum Gasteiger partial charge on any atom is -0.491 e. The summed E-state index contributed by atoms with van der Waals surface area (Å²) in [4.78, 5) is 12.0. The summed E-state index contributed by atoms with van der Waals surface area (Å²) >= 11 is 0. The Morgan fingerprint density at radius 1 is 1.42 bits per heavy atom. The molecule has 1 amide bonds. The lowest BCUT2D eigenvalue weighted by Crippen LogP contribution is -2.28. The first-order valence-electron chi connectivity index (χ1n) is 6.76. The van der Waals surface area contributed by atoms with E-state index in [-0.39, 0.29) is 17.9 Å². The summed E-state index contributed by atoms with van der Waals surface area (Å²) in [5, 5.41) is 2.92. The van der Waals surface area contributed by atoms with Gasteiger partial charge in [-0.15, -0.1) is 0 Å². The van der Waals surface area contributed by atoms with Crippen LogP contribution in [-0.2, 0) is 4.79 Å². The second-order valence-corrected chi connectivity index (χ2v) is 4.97. The van der Waals surface area contributed by atoms with Crippen LogP contribution in [0.25, 0.3) is 0 Å². The number of carbonyl (C=O) groups excluding carboxylic acids is 1. The third-order valence-corrected chi connectivity index (χ3v) is 2.98. The smallest absolute Gasteiger partial charge is 0.228 e. The van der Waals surface area contributed by atoms with E-state index >= 15 is 0 Å². The molecule has 0 fully saturated rings. The van der Waals surface area contributed by atoms with Crippen LogP contribution in [0, 0.1) is 12.8 Å². The highest BCUT2D eigenvalue weighted by Gasteiger charge is 2.15. The van der Waals surface area contributed by atoms with Gasteiger partial charge in [-0.25, -0.2) is 0 Å². The summed E-state index contributed by atoms with van der Waals surface area (Å²) in [7, 11) is 0. The summed E-state index contributed by atoms with van der Waals surface area (Å²) < 4.78 is 5.61. The molecule has 1 aromatic carbocycles. The molecule has 3 N–H and O–H groups in total. The Morgan fingerprint density at radius 3 is 2.58 bits per heavy atom. The van der Waals surface area contributed by atoms with Gasteiger partial charge >= 0.3 is 0 Å². The highest BCUT2D eigenvalue weighted by atomic mass is 16.5. The number of ether oxygens (including phenoxy) is 1. The zero-order chi connectivity index (χ0) is 14.4. The zero-order valence-corrected chi connectivity index (χ0v) is 12.2. The Bertz CT molecular complexity index is 426. The number of hydrogen-bond acceptors (Lipinski definition) is 3. The van der Waals surface area contributed by atoms with Gasteiger partial charge in [-0.05, 0) is 51.0 Å². The lowest BCUT2D eigenvalue weighted by molar-refractivity contribution is -0.119. The third-order valence-electron chi connectivity index (χ3n) is 2.98. The minimum atomic E-state index is -0.133. The number of amides is 1. The Labute approximate surface area is 115 Å². The first-order chi connectivity index (χ1) is 8.97. The maximum atomic E-state index is 12.0. The van der Waals surface area contributed by atoms with Gasteiger partial charge in [-0.3, -0.25) is 4.79 Å². The average Bonchev–Trinajstić information content (AvgIpc) is 2.33. The van der Waals surface area contributed by atoms with Crippen molar-refractivity contribution < 1.29 is 9.53 Å². The van der Waals surface area contributed by atoms with E-state index in [1.165, 1.54) is 0 Å². The summed E-state index contributed by atoms with van der Waals surface area (Å²) in [6, 6.07) is 5.67. The van der Waals surface area contributed by atoms with Crippen molar-refractivity contribution in [3.63, 3.8) is 0 Å². The predicted octanol–water partition coefficient (Wildman–Crippen LogP) is 2.71. The molecule has 0 aliphatic carbocycles. The molecule has 0 aliphatic rings.